The Bertz CT molecular complexity index is 2350. The average molecular weight is 775 g/mol. The molecule has 18 heteroatoms. The Balaban J connectivity index is 0.767. The number of amides is 6. The van der Waals surface area contributed by atoms with Gasteiger partial charge in [0.05, 0.1) is 30.1 Å². The van der Waals surface area contributed by atoms with Crippen LogP contribution in [0.25, 0.3) is 16.9 Å². The highest BCUT2D eigenvalue weighted by atomic mass is 16.5. The predicted molar refractivity (Wildman–Crippen MR) is 202 cm³/mol. The highest BCUT2D eigenvalue weighted by molar-refractivity contribution is 6.24. The van der Waals surface area contributed by atoms with Crippen molar-refractivity contribution in [3.8, 4) is 17.0 Å². The molecule has 1 atom stereocenters. The zero-order chi connectivity index (χ0) is 39.5. The lowest BCUT2D eigenvalue weighted by molar-refractivity contribution is -0.136. The number of fused-ring (bicyclic) bond motifs is 2. The second-order valence-corrected chi connectivity index (χ2v) is 13.7. The number of anilines is 2. The Hall–Kier alpha value is -7.11. The van der Waals surface area contributed by atoms with Crippen LogP contribution in [-0.4, -0.2) is 110 Å². The lowest BCUT2D eigenvalue weighted by Gasteiger charge is -2.36. The van der Waals surface area contributed by atoms with E-state index in [9.17, 15) is 28.8 Å². The van der Waals surface area contributed by atoms with Crippen molar-refractivity contribution in [3.05, 3.63) is 90.3 Å². The van der Waals surface area contributed by atoms with Gasteiger partial charge in [0.1, 0.15) is 35.4 Å². The number of aromatic nitrogens is 4. The third-order valence-electron chi connectivity index (χ3n) is 10.2. The maximum atomic E-state index is 13.2. The number of imide groups is 2. The molecule has 0 spiro atoms. The Morgan fingerprint density at radius 2 is 1.79 bits per heavy atom. The smallest absolute Gasteiger partial charge is 0.266 e. The molecule has 2 fully saturated rings. The molecule has 0 saturated carbocycles. The third kappa shape index (κ3) is 7.60. The number of carbonyl (C=O) groups excluding carboxylic acids is 6. The summed E-state index contributed by atoms with van der Waals surface area (Å²) in [5.41, 5.74) is 3.28. The van der Waals surface area contributed by atoms with Crippen LogP contribution in [0.15, 0.2) is 77.8 Å². The van der Waals surface area contributed by atoms with E-state index in [2.05, 4.69) is 36.0 Å². The first-order valence-corrected chi connectivity index (χ1v) is 18.6. The largest absolute Gasteiger partial charge is 0.483 e. The molecular formula is C39H38N10O8. The molecule has 6 amide bonds. The lowest BCUT2D eigenvalue weighted by atomic mass is 10.0. The van der Waals surface area contributed by atoms with E-state index < -0.39 is 42.2 Å². The minimum absolute atomic E-state index is 0.00365. The molecule has 2 saturated heterocycles. The molecule has 8 rings (SSSR count). The van der Waals surface area contributed by atoms with Gasteiger partial charge in [0, 0.05) is 56.8 Å². The van der Waals surface area contributed by atoms with Crippen LogP contribution in [0.4, 0.5) is 11.5 Å². The summed E-state index contributed by atoms with van der Waals surface area (Å²) in [6.45, 7) is 2.79. The van der Waals surface area contributed by atoms with Crippen LogP contribution in [0.5, 0.6) is 5.75 Å². The van der Waals surface area contributed by atoms with Crippen LogP contribution < -0.4 is 25.6 Å². The molecule has 57 heavy (non-hydrogen) atoms. The van der Waals surface area contributed by atoms with Crippen molar-refractivity contribution in [1.82, 2.24) is 40.0 Å². The number of nitrogens with zero attached hydrogens (tertiary/aromatic N) is 7. The number of benzene rings is 2. The van der Waals surface area contributed by atoms with Crippen molar-refractivity contribution >= 4 is 52.6 Å². The fraction of sp³-hybridized carbons (Fsp3) is 0.308. The molecule has 2 aromatic carbocycles. The molecule has 0 radical (unpaired) electrons. The van der Waals surface area contributed by atoms with Crippen LogP contribution in [-0.2, 0) is 25.7 Å². The molecular weight excluding hydrogens is 736 g/mol. The van der Waals surface area contributed by atoms with Gasteiger partial charge in [0.25, 0.3) is 17.7 Å². The molecule has 5 aromatic rings. The summed E-state index contributed by atoms with van der Waals surface area (Å²) >= 11 is 0. The monoisotopic (exact) mass is 774 g/mol. The minimum atomic E-state index is -1.11. The second-order valence-electron chi connectivity index (χ2n) is 13.7. The normalized spacial score (nSPS) is 16.8. The van der Waals surface area contributed by atoms with Crippen LogP contribution in [0.3, 0.4) is 0 Å². The highest BCUT2D eigenvalue weighted by Crippen LogP contribution is 2.34. The van der Waals surface area contributed by atoms with E-state index >= 15 is 0 Å². The standard InChI is InChI=1S/C39H38N10O8/c50-31-13-12-28(37(53)44-31)49-38(54)27-5-1-6-29(34(27)39(49)55)57-22-32(51)40-14-2-7-33(52)47-17-15-46(16-18-47)25-10-8-24(9-11-25)35-36-45-43-23-48(36)30(21-42-35)41-20-26-4-3-19-56-26/h1,3-6,8-11,19,21,23,28,41H,2,7,12-18,20,22H2,(H,40,51)(H,44,50,53). The fourth-order valence-corrected chi connectivity index (χ4v) is 7.21. The lowest BCUT2D eigenvalue weighted by Crippen LogP contribution is -2.54. The first-order valence-electron chi connectivity index (χ1n) is 18.6. The second kappa shape index (κ2) is 15.9. The van der Waals surface area contributed by atoms with Gasteiger partial charge < -0.3 is 29.6 Å². The number of carbonyl (C=O) groups is 6. The van der Waals surface area contributed by atoms with E-state index in [1.807, 2.05) is 45.7 Å². The number of nitrogens with one attached hydrogen (secondary N) is 3. The van der Waals surface area contributed by atoms with Gasteiger partial charge in [-0.05, 0) is 49.2 Å². The Labute approximate surface area is 325 Å². The van der Waals surface area contributed by atoms with Gasteiger partial charge in [-0.25, -0.2) is 4.98 Å². The first-order chi connectivity index (χ1) is 27.7. The molecule has 3 aliphatic rings. The van der Waals surface area contributed by atoms with Gasteiger partial charge in [0.15, 0.2) is 12.3 Å². The van der Waals surface area contributed by atoms with E-state index in [1.165, 1.54) is 18.2 Å². The number of hydrogen-bond donors (Lipinski definition) is 3. The SMILES string of the molecule is O=C(COc1cccc2c1C(=O)N(C1CCC(=O)NC1=O)C2=O)NCCCC(=O)N1CCN(c2ccc(-c3ncc(NCc4ccco4)n4cnnc34)cc2)CC1. The van der Waals surface area contributed by atoms with Crippen molar-refractivity contribution in [2.45, 2.75) is 38.3 Å². The highest BCUT2D eigenvalue weighted by Gasteiger charge is 2.46. The summed E-state index contributed by atoms with van der Waals surface area (Å²) in [5.74, 6) is -1.46. The van der Waals surface area contributed by atoms with Crippen LogP contribution in [0.1, 0.15) is 52.2 Å². The van der Waals surface area contributed by atoms with Crippen molar-refractivity contribution in [1.29, 1.82) is 0 Å². The zero-order valence-electron chi connectivity index (χ0n) is 30.7. The molecule has 1 unspecified atom stereocenters. The molecule has 6 heterocycles. The molecule has 18 nitrogen and oxygen atoms in total. The molecule has 3 aliphatic heterocycles. The van der Waals surface area contributed by atoms with Crippen molar-refractivity contribution < 1.29 is 37.9 Å². The van der Waals surface area contributed by atoms with Gasteiger partial charge in [-0.2, -0.15) is 0 Å². The van der Waals surface area contributed by atoms with Crippen LogP contribution in [0.2, 0.25) is 0 Å². The minimum Gasteiger partial charge on any atom is -0.483 e. The Morgan fingerprint density at radius 1 is 0.965 bits per heavy atom. The fourth-order valence-electron chi connectivity index (χ4n) is 7.21. The third-order valence-corrected chi connectivity index (χ3v) is 10.2. The molecule has 0 bridgehead atoms. The molecule has 3 aromatic heterocycles. The summed E-state index contributed by atoms with van der Waals surface area (Å²) < 4.78 is 12.9. The van der Waals surface area contributed by atoms with Crippen LogP contribution in [0, 0.1) is 0 Å². The number of piperidine rings is 1. The quantitative estimate of drug-likeness (QED) is 0.116. The van der Waals surface area contributed by atoms with Gasteiger partial charge in [-0.1, -0.05) is 18.2 Å². The molecule has 0 aliphatic carbocycles. The van der Waals surface area contributed by atoms with Gasteiger partial charge in [-0.3, -0.25) is 43.4 Å². The van der Waals surface area contributed by atoms with E-state index in [-0.39, 0.29) is 48.6 Å². The summed E-state index contributed by atoms with van der Waals surface area (Å²) in [5, 5.41) is 16.6. The number of rotatable bonds is 13. The van der Waals surface area contributed by atoms with Crippen molar-refractivity contribution in [3.63, 3.8) is 0 Å². The van der Waals surface area contributed by atoms with Crippen LogP contribution >= 0.6 is 0 Å². The summed E-state index contributed by atoms with van der Waals surface area (Å²) in [6.07, 6.45) is 5.73. The number of hydrogen-bond acceptors (Lipinski definition) is 13. The summed E-state index contributed by atoms with van der Waals surface area (Å²) in [4.78, 5) is 85.4. The van der Waals surface area contributed by atoms with E-state index in [0.717, 1.165) is 27.7 Å². The maximum absolute atomic E-state index is 13.2. The molecule has 292 valence electrons. The number of furan rings is 1. The van der Waals surface area contributed by atoms with E-state index in [4.69, 9.17) is 9.15 Å². The van der Waals surface area contributed by atoms with Gasteiger partial charge >= 0.3 is 0 Å². The average Bonchev–Trinajstić information content (AvgIpc) is 3.99. The van der Waals surface area contributed by atoms with E-state index in [0.29, 0.717) is 50.5 Å². The van der Waals surface area contributed by atoms with Gasteiger partial charge in [-0.15, -0.1) is 10.2 Å². The Morgan fingerprint density at radius 3 is 2.56 bits per heavy atom. The summed E-state index contributed by atoms with van der Waals surface area (Å²) in [6, 6.07) is 15.1. The predicted octanol–water partition coefficient (Wildman–Crippen LogP) is 2.02. The molecule has 3 N–H and O–H groups in total. The first kappa shape index (κ1) is 36.8. The van der Waals surface area contributed by atoms with Crippen molar-refractivity contribution in [2.75, 3.05) is 49.5 Å². The Kier molecular flexibility index (Phi) is 10.3. The maximum Gasteiger partial charge on any atom is 0.266 e. The van der Waals surface area contributed by atoms with Crippen molar-refractivity contribution in [2.24, 2.45) is 0 Å². The topological polar surface area (TPSA) is 214 Å². The van der Waals surface area contributed by atoms with Gasteiger partial charge in [0.2, 0.25) is 17.7 Å². The number of ether oxygens (including phenoxy) is 1. The van der Waals surface area contributed by atoms with E-state index in [1.54, 1.807) is 18.8 Å². The number of piperazine rings is 1. The zero-order valence-corrected chi connectivity index (χ0v) is 30.7. The summed E-state index contributed by atoms with van der Waals surface area (Å²) in [7, 11) is 0.